The summed E-state index contributed by atoms with van der Waals surface area (Å²) in [5.74, 6) is 1.63. The number of halogens is 3. The molecular formula is C27H29F3N4O2. The largest absolute Gasteiger partial charge is 0.443 e. The number of rotatable bonds is 6. The Balaban J connectivity index is 1.25. The van der Waals surface area contributed by atoms with Crippen molar-refractivity contribution in [2.24, 2.45) is 5.92 Å². The van der Waals surface area contributed by atoms with Gasteiger partial charge in [-0.25, -0.2) is 9.97 Å². The number of aromatic nitrogens is 2. The average molecular weight is 499 g/mol. The number of ether oxygens (including phenoxy) is 1. The molecule has 0 spiro atoms. The van der Waals surface area contributed by atoms with Crippen molar-refractivity contribution in [3.8, 4) is 5.88 Å². The molecular weight excluding hydrogens is 469 g/mol. The van der Waals surface area contributed by atoms with Crippen molar-refractivity contribution in [2.75, 3.05) is 19.0 Å². The summed E-state index contributed by atoms with van der Waals surface area (Å²) in [7, 11) is 3.80. The van der Waals surface area contributed by atoms with Crippen molar-refractivity contribution in [2.45, 2.75) is 44.3 Å². The number of nitrogens with zero attached hydrogens (tertiary/aromatic N) is 3. The van der Waals surface area contributed by atoms with E-state index in [0.29, 0.717) is 17.7 Å². The van der Waals surface area contributed by atoms with Crippen molar-refractivity contribution in [1.29, 1.82) is 0 Å². The first-order valence-corrected chi connectivity index (χ1v) is 11.9. The van der Waals surface area contributed by atoms with Gasteiger partial charge in [0.15, 0.2) is 0 Å². The first kappa shape index (κ1) is 25.5. The monoisotopic (exact) mass is 498 g/mol. The molecule has 0 radical (unpaired) electrons. The molecule has 6 nitrogen and oxygen atoms in total. The molecule has 0 saturated heterocycles. The maximum absolute atomic E-state index is 12.7. The Labute approximate surface area is 208 Å². The lowest BCUT2D eigenvalue weighted by Crippen LogP contribution is -2.36. The quantitative estimate of drug-likeness (QED) is 0.518. The van der Waals surface area contributed by atoms with Crippen molar-refractivity contribution in [3.05, 3.63) is 83.4 Å². The predicted molar refractivity (Wildman–Crippen MR) is 132 cm³/mol. The SMILES string of the molecule is CN(C)c1ccc(C(=O)NC2CCC(=CC3C=CC=C(Oc4ccc(C(F)(F)F)cn4)C3)CC2)cn1. The van der Waals surface area contributed by atoms with Gasteiger partial charge in [0.25, 0.3) is 5.91 Å². The van der Waals surface area contributed by atoms with Gasteiger partial charge in [0.2, 0.25) is 5.88 Å². The van der Waals surface area contributed by atoms with Crippen LogP contribution in [0.4, 0.5) is 19.0 Å². The van der Waals surface area contributed by atoms with Crippen LogP contribution in [0.25, 0.3) is 0 Å². The second-order valence-electron chi connectivity index (χ2n) is 9.24. The zero-order valence-electron chi connectivity index (χ0n) is 20.3. The van der Waals surface area contributed by atoms with E-state index in [1.54, 1.807) is 18.3 Å². The molecule has 2 aromatic heterocycles. The van der Waals surface area contributed by atoms with Crippen molar-refractivity contribution in [3.63, 3.8) is 0 Å². The molecule has 1 amide bonds. The van der Waals surface area contributed by atoms with E-state index in [4.69, 9.17) is 4.74 Å². The van der Waals surface area contributed by atoms with E-state index in [1.807, 2.05) is 31.1 Å². The van der Waals surface area contributed by atoms with Gasteiger partial charge in [-0.05, 0) is 50.0 Å². The molecule has 2 aromatic rings. The van der Waals surface area contributed by atoms with Crippen LogP contribution in [0.5, 0.6) is 5.88 Å². The third-order valence-corrected chi connectivity index (χ3v) is 6.26. The van der Waals surface area contributed by atoms with Crippen LogP contribution in [0.1, 0.15) is 48.0 Å². The van der Waals surface area contributed by atoms with E-state index in [2.05, 4.69) is 27.4 Å². The van der Waals surface area contributed by atoms with Crippen LogP contribution in [0.15, 0.2) is 72.3 Å². The van der Waals surface area contributed by atoms with Gasteiger partial charge in [-0.15, -0.1) is 0 Å². The van der Waals surface area contributed by atoms with Crippen LogP contribution in [0, 0.1) is 5.92 Å². The number of nitrogens with one attached hydrogen (secondary N) is 1. The molecule has 1 saturated carbocycles. The van der Waals surface area contributed by atoms with E-state index in [1.165, 1.54) is 11.6 Å². The minimum Gasteiger partial charge on any atom is -0.443 e. The van der Waals surface area contributed by atoms with E-state index < -0.39 is 11.7 Å². The highest BCUT2D eigenvalue weighted by Gasteiger charge is 2.30. The molecule has 1 N–H and O–H groups in total. The fraction of sp³-hybridized carbons (Fsp3) is 0.370. The average Bonchev–Trinajstić information content (AvgIpc) is 2.85. The summed E-state index contributed by atoms with van der Waals surface area (Å²) in [6.45, 7) is 0. The van der Waals surface area contributed by atoms with Crippen LogP contribution >= 0.6 is 0 Å². The van der Waals surface area contributed by atoms with Crippen molar-refractivity contribution < 1.29 is 22.7 Å². The number of alkyl halides is 3. The number of carbonyl (C=O) groups is 1. The smallest absolute Gasteiger partial charge is 0.417 e. The maximum Gasteiger partial charge on any atom is 0.417 e. The third kappa shape index (κ3) is 6.74. The van der Waals surface area contributed by atoms with Gasteiger partial charge in [0, 0.05) is 50.9 Å². The molecule has 1 unspecified atom stereocenters. The Kier molecular flexibility index (Phi) is 7.76. The van der Waals surface area contributed by atoms with Gasteiger partial charge >= 0.3 is 6.18 Å². The van der Waals surface area contributed by atoms with E-state index >= 15 is 0 Å². The molecule has 36 heavy (non-hydrogen) atoms. The number of allylic oxidation sites excluding steroid dienone is 6. The lowest BCUT2D eigenvalue weighted by Gasteiger charge is -2.26. The first-order chi connectivity index (χ1) is 17.2. The lowest BCUT2D eigenvalue weighted by atomic mass is 9.87. The summed E-state index contributed by atoms with van der Waals surface area (Å²) in [5, 5.41) is 3.12. The first-order valence-electron chi connectivity index (χ1n) is 11.9. The number of hydrogen-bond donors (Lipinski definition) is 1. The van der Waals surface area contributed by atoms with Crippen LogP contribution in [-0.4, -0.2) is 36.0 Å². The normalized spacial score (nSPS) is 19.9. The Morgan fingerprint density at radius 2 is 1.89 bits per heavy atom. The topological polar surface area (TPSA) is 67.4 Å². The summed E-state index contributed by atoms with van der Waals surface area (Å²) < 4.78 is 43.9. The minimum atomic E-state index is -4.42. The third-order valence-electron chi connectivity index (χ3n) is 6.26. The van der Waals surface area contributed by atoms with E-state index in [9.17, 15) is 18.0 Å². The van der Waals surface area contributed by atoms with Gasteiger partial charge in [0.05, 0.1) is 11.1 Å². The standard InChI is InChI=1S/C27H29F3N4O2/c1-34(2)24-12-8-20(16-31-24)26(35)33-22-10-6-18(7-11-22)14-19-4-3-5-23(15-19)36-25-13-9-21(17-32-25)27(28,29)30/h3-5,8-9,12-14,16-17,19,22H,6-7,10-11,15H2,1-2H3,(H,33,35). The summed E-state index contributed by atoms with van der Waals surface area (Å²) in [6, 6.07) is 5.93. The molecule has 4 rings (SSSR count). The Morgan fingerprint density at radius 1 is 1.11 bits per heavy atom. The molecule has 1 fully saturated rings. The molecule has 0 aromatic carbocycles. The van der Waals surface area contributed by atoms with Crippen molar-refractivity contribution >= 4 is 11.7 Å². The molecule has 1 atom stereocenters. The van der Waals surface area contributed by atoms with Crippen LogP contribution in [0.2, 0.25) is 0 Å². The second kappa shape index (κ2) is 11.0. The summed E-state index contributed by atoms with van der Waals surface area (Å²) in [6.07, 6.45) is 10.1. The number of anilines is 1. The van der Waals surface area contributed by atoms with Gasteiger partial charge in [-0.2, -0.15) is 13.2 Å². The number of pyridine rings is 2. The molecule has 2 heterocycles. The zero-order valence-corrected chi connectivity index (χ0v) is 20.3. The Bertz CT molecular complexity index is 1140. The predicted octanol–water partition coefficient (Wildman–Crippen LogP) is 5.70. The zero-order chi connectivity index (χ0) is 25.7. The molecule has 2 aliphatic carbocycles. The van der Waals surface area contributed by atoms with Gasteiger partial charge < -0.3 is 15.0 Å². The highest BCUT2D eigenvalue weighted by molar-refractivity contribution is 5.94. The molecule has 0 aliphatic heterocycles. The molecule has 190 valence electrons. The second-order valence-corrected chi connectivity index (χ2v) is 9.24. The van der Waals surface area contributed by atoms with Crippen molar-refractivity contribution in [1.82, 2.24) is 15.3 Å². The van der Waals surface area contributed by atoms with Gasteiger partial charge in [-0.1, -0.05) is 23.8 Å². The molecule has 2 aliphatic rings. The maximum atomic E-state index is 12.7. The van der Waals surface area contributed by atoms with Crippen LogP contribution < -0.4 is 15.0 Å². The molecule has 0 bridgehead atoms. The Morgan fingerprint density at radius 3 is 2.50 bits per heavy atom. The lowest BCUT2D eigenvalue weighted by molar-refractivity contribution is -0.137. The summed E-state index contributed by atoms with van der Waals surface area (Å²) in [4.78, 5) is 22.5. The Hall–Kier alpha value is -3.62. The highest BCUT2D eigenvalue weighted by atomic mass is 19.4. The highest BCUT2D eigenvalue weighted by Crippen LogP contribution is 2.31. The summed E-state index contributed by atoms with van der Waals surface area (Å²) >= 11 is 0. The van der Waals surface area contributed by atoms with Crippen LogP contribution in [-0.2, 0) is 6.18 Å². The number of hydrogen-bond acceptors (Lipinski definition) is 5. The fourth-order valence-corrected chi connectivity index (χ4v) is 4.26. The van der Waals surface area contributed by atoms with Gasteiger partial charge in [-0.3, -0.25) is 4.79 Å². The van der Waals surface area contributed by atoms with E-state index in [-0.39, 0.29) is 23.7 Å². The number of amides is 1. The fourth-order valence-electron chi connectivity index (χ4n) is 4.26. The van der Waals surface area contributed by atoms with Crippen LogP contribution in [0.3, 0.4) is 0 Å². The minimum absolute atomic E-state index is 0.107. The number of carbonyl (C=O) groups excluding carboxylic acids is 1. The van der Waals surface area contributed by atoms with E-state index in [0.717, 1.165) is 43.8 Å². The van der Waals surface area contributed by atoms with Gasteiger partial charge in [0.1, 0.15) is 11.6 Å². The summed E-state index contributed by atoms with van der Waals surface area (Å²) in [5.41, 5.74) is 1.08. The molecule has 9 heteroatoms.